The molecule has 4 saturated carbocycles. The first-order valence-corrected chi connectivity index (χ1v) is 8.99. The second-order valence-electron chi connectivity index (χ2n) is 8.53. The van der Waals surface area contributed by atoms with Crippen molar-refractivity contribution in [2.45, 2.75) is 82.4 Å². The first kappa shape index (κ1) is 32.8. The van der Waals surface area contributed by atoms with Crippen LogP contribution in [0.15, 0.2) is 0 Å². The summed E-state index contributed by atoms with van der Waals surface area (Å²) in [6, 6.07) is -6.99. The average Bonchev–Trinajstić information content (AvgIpc) is 2.68. The van der Waals surface area contributed by atoms with Crippen LogP contribution < -0.4 is 5.73 Å². The number of alkyl halides is 22. The Bertz CT molecular complexity index is 989. The molecule has 0 aromatic rings. The molecule has 236 valence electrons. The van der Waals surface area contributed by atoms with Crippen LogP contribution in [0.5, 0.6) is 0 Å². The van der Waals surface area contributed by atoms with E-state index in [1.54, 1.807) is 9.47 Å². The van der Waals surface area contributed by atoms with Crippen LogP contribution in [0.3, 0.4) is 0 Å². The van der Waals surface area contributed by atoms with Gasteiger partial charge in [0, 0.05) is 0 Å². The highest BCUT2D eigenvalue weighted by Crippen LogP contribution is 2.89. The number of aliphatic hydroxyl groups is 1. The SMILES string of the molecule is NC(F)(F)C(F)(F)OC12C(F)(F)C3(F)C(F)(F)C(F)(C1(F)F)C(F)(F)C(OC(F)(F)C(O)(F)F)(C3(F)F)C2(F)F. The topological polar surface area (TPSA) is 64.7 Å². The van der Waals surface area contributed by atoms with Gasteiger partial charge >= 0.3 is 71.2 Å². The van der Waals surface area contributed by atoms with Gasteiger partial charge in [0.15, 0.2) is 0 Å². The lowest BCUT2D eigenvalue weighted by atomic mass is 9.39. The van der Waals surface area contributed by atoms with Gasteiger partial charge in [-0.3, -0.25) is 15.2 Å². The van der Waals surface area contributed by atoms with Gasteiger partial charge in [0.1, 0.15) is 0 Å². The highest BCUT2D eigenvalue weighted by Gasteiger charge is 3.24. The molecule has 0 aromatic carbocycles. The number of hydrogen-bond acceptors (Lipinski definition) is 4. The van der Waals surface area contributed by atoms with Gasteiger partial charge in [0.25, 0.3) is 11.2 Å². The predicted octanol–water partition coefficient (Wildman–Crippen LogP) is 5.09. The summed E-state index contributed by atoms with van der Waals surface area (Å²) in [6.07, 6.45) is -23.3. The van der Waals surface area contributed by atoms with Crippen LogP contribution >= 0.6 is 0 Å². The van der Waals surface area contributed by atoms with Crippen LogP contribution in [0.1, 0.15) is 0 Å². The van der Waals surface area contributed by atoms with Crippen molar-refractivity contribution in [3.63, 3.8) is 0 Å². The monoisotopic (exact) mass is 651 g/mol. The Hall–Kier alpha value is -1.70. The molecule has 2 unspecified atom stereocenters. The van der Waals surface area contributed by atoms with Crippen LogP contribution in [0.25, 0.3) is 0 Å². The normalized spacial score (nSPS) is 40.8. The van der Waals surface area contributed by atoms with Crippen molar-refractivity contribution in [1.82, 2.24) is 0 Å². The van der Waals surface area contributed by atoms with Gasteiger partial charge in [-0.2, -0.15) is 87.8 Å². The van der Waals surface area contributed by atoms with Crippen molar-refractivity contribution in [1.29, 1.82) is 0 Å². The number of nitrogens with two attached hydrogens (primary N) is 1. The Labute approximate surface area is 200 Å². The van der Waals surface area contributed by atoms with Gasteiger partial charge in [0.2, 0.25) is 0 Å². The summed E-state index contributed by atoms with van der Waals surface area (Å²) in [4.78, 5) is 0. The van der Waals surface area contributed by atoms with E-state index in [-0.39, 0.29) is 0 Å². The number of halogens is 22. The fourth-order valence-electron chi connectivity index (χ4n) is 4.72. The third-order valence-corrected chi connectivity index (χ3v) is 6.55. The molecule has 0 saturated heterocycles. The van der Waals surface area contributed by atoms with E-state index in [0.717, 1.165) is 0 Å². The molecule has 4 aliphatic rings. The number of ether oxygens (including phenoxy) is 2. The van der Waals surface area contributed by atoms with Crippen LogP contribution in [-0.4, -0.2) is 87.6 Å². The Balaban J connectivity index is 2.75. The standard InChI is InChI=1S/C14H3F22NO3/c15-1-5(17,18)2(16)7(21,22)3(6(1,19)20,39-13(33,34)11(29,30)37)10(27,28)4(8(1,23)24,9(2,25)26)40-14(35,36)12(31,32)38/h38H,37H2. The molecule has 4 fully saturated rings. The molecule has 4 bridgehead atoms. The molecule has 0 radical (unpaired) electrons. The second kappa shape index (κ2) is 6.92. The van der Waals surface area contributed by atoms with Crippen LogP contribution in [0.4, 0.5) is 96.6 Å². The highest BCUT2D eigenvalue weighted by molar-refractivity contribution is 5.54. The zero-order valence-corrected chi connectivity index (χ0v) is 17.2. The maximum Gasteiger partial charge on any atom is 0.449 e. The predicted molar refractivity (Wildman–Crippen MR) is 71.2 cm³/mol. The van der Waals surface area contributed by atoms with Gasteiger partial charge in [-0.25, -0.2) is 8.78 Å². The van der Waals surface area contributed by atoms with E-state index in [1.165, 1.54) is 0 Å². The van der Waals surface area contributed by atoms with E-state index in [2.05, 4.69) is 5.73 Å². The van der Waals surface area contributed by atoms with Gasteiger partial charge in [-0.1, -0.05) is 0 Å². The van der Waals surface area contributed by atoms with Crippen LogP contribution in [0, 0.1) is 0 Å². The molecular formula is C14H3F22NO3. The lowest BCUT2D eigenvalue weighted by molar-refractivity contribution is -0.657. The van der Waals surface area contributed by atoms with Crippen LogP contribution in [0.2, 0.25) is 0 Å². The van der Waals surface area contributed by atoms with Gasteiger partial charge in [0.05, 0.1) is 0 Å². The minimum atomic E-state index is -8.95. The molecule has 26 heteroatoms. The maximum absolute atomic E-state index is 15.2. The second-order valence-corrected chi connectivity index (χ2v) is 8.53. The van der Waals surface area contributed by atoms with E-state index in [1.807, 2.05) is 0 Å². The molecule has 0 heterocycles. The molecule has 40 heavy (non-hydrogen) atoms. The largest absolute Gasteiger partial charge is 0.449 e. The van der Waals surface area contributed by atoms with Crippen LogP contribution in [-0.2, 0) is 9.47 Å². The summed E-state index contributed by atoms with van der Waals surface area (Å²) >= 11 is 0. The third kappa shape index (κ3) is 2.43. The molecule has 0 spiro atoms. The molecule has 0 aliphatic heterocycles. The first-order valence-electron chi connectivity index (χ1n) is 8.99. The van der Waals surface area contributed by atoms with Gasteiger partial charge < -0.3 is 5.11 Å². The van der Waals surface area contributed by atoms with Crippen molar-refractivity contribution < 1.29 is 111 Å². The third-order valence-electron chi connectivity index (χ3n) is 6.55. The Kier molecular flexibility index (Phi) is 5.67. The summed E-state index contributed by atoms with van der Waals surface area (Å²) in [5.74, 6) is -52.8. The van der Waals surface area contributed by atoms with E-state index >= 15 is 17.6 Å². The van der Waals surface area contributed by atoms with E-state index < -0.39 is 82.4 Å². The van der Waals surface area contributed by atoms with Gasteiger partial charge in [-0.05, 0) is 0 Å². The molecule has 0 amide bonds. The first-order chi connectivity index (χ1) is 16.9. The van der Waals surface area contributed by atoms with E-state index in [9.17, 15) is 79.0 Å². The minimum Gasteiger partial charge on any atom is -0.329 e. The summed E-state index contributed by atoms with van der Waals surface area (Å²) in [5, 5.41) is 7.91. The maximum atomic E-state index is 15.2. The van der Waals surface area contributed by atoms with Crippen molar-refractivity contribution in [2.24, 2.45) is 5.73 Å². The molecular weight excluding hydrogens is 648 g/mol. The Morgan fingerprint density at radius 3 is 0.900 bits per heavy atom. The molecule has 0 aromatic heterocycles. The van der Waals surface area contributed by atoms with Crippen molar-refractivity contribution >= 4 is 0 Å². The molecule has 2 atom stereocenters. The van der Waals surface area contributed by atoms with Gasteiger partial charge in [-0.15, -0.1) is 0 Å². The zero-order valence-electron chi connectivity index (χ0n) is 17.2. The fraction of sp³-hybridized carbons (Fsp3) is 1.00. The lowest BCUT2D eigenvalue weighted by Crippen LogP contribution is -3.11. The van der Waals surface area contributed by atoms with Crippen molar-refractivity contribution in [2.75, 3.05) is 0 Å². The average molecular weight is 651 g/mol. The Morgan fingerprint density at radius 2 is 0.675 bits per heavy atom. The number of hydrogen-bond donors (Lipinski definition) is 2. The van der Waals surface area contributed by atoms with E-state index in [0.29, 0.717) is 0 Å². The lowest BCUT2D eigenvalue weighted by Gasteiger charge is -2.76. The minimum absolute atomic E-state index is 1.58. The van der Waals surface area contributed by atoms with Crippen molar-refractivity contribution in [3.8, 4) is 0 Å². The van der Waals surface area contributed by atoms with E-state index in [4.69, 9.17) is 5.11 Å². The van der Waals surface area contributed by atoms with Crippen molar-refractivity contribution in [3.05, 3.63) is 0 Å². The quantitative estimate of drug-likeness (QED) is 0.311. The Morgan fingerprint density at radius 1 is 0.425 bits per heavy atom. The molecule has 4 nitrogen and oxygen atoms in total. The molecule has 4 rings (SSSR count). The molecule has 4 aliphatic carbocycles. The summed E-state index contributed by atoms with van der Waals surface area (Å²) in [6.45, 7) is 0. The highest BCUT2D eigenvalue weighted by atomic mass is 19.4. The summed E-state index contributed by atoms with van der Waals surface area (Å²) in [5.41, 5.74) is -31.5. The summed E-state index contributed by atoms with van der Waals surface area (Å²) in [7, 11) is 0. The smallest absolute Gasteiger partial charge is 0.329 e. The zero-order chi connectivity index (χ0) is 32.4. The fourth-order valence-corrected chi connectivity index (χ4v) is 4.72. The number of rotatable bonds is 6. The summed E-state index contributed by atoms with van der Waals surface area (Å²) < 4.78 is 317. The molecule has 3 N–H and O–H groups in total.